The molecule has 1 N–H and O–H groups in total. The molecule has 1 aliphatic rings. The summed E-state index contributed by atoms with van der Waals surface area (Å²) in [5.74, 6) is 2.49. The van der Waals surface area contributed by atoms with Gasteiger partial charge in [0.25, 0.3) is 0 Å². The van der Waals surface area contributed by atoms with Gasteiger partial charge in [-0.05, 0) is 56.5 Å². The van der Waals surface area contributed by atoms with Crippen LogP contribution in [0, 0.1) is 6.92 Å². The van der Waals surface area contributed by atoms with Crippen molar-refractivity contribution in [1.29, 1.82) is 0 Å². The van der Waals surface area contributed by atoms with Gasteiger partial charge in [-0.1, -0.05) is 17.7 Å². The van der Waals surface area contributed by atoms with E-state index >= 15 is 0 Å². The van der Waals surface area contributed by atoms with Crippen molar-refractivity contribution < 1.29 is 14.2 Å². The lowest BCUT2D eigenvalue weighted by Crippen LogP contribution is -2.31. The van der Waals surface area contributed by atoms with Gasteiger partial charge in [-0.25, -0.2) is 0 Å². The fourth-order valence-corrected chi connectivity index (χ4v) is 3.69. The summed E-state index contributed by atoms with van der Waals surface area (Å²) < 4.78 is 17.3. The van der Waals surface area contributed by atoms with E-state index < -0.39 is 0 Å². The Morgan fingerprint density at radius 1 is 1.08 bits per heavy atom. The first kappa shape index (κ1) is 18.9. The lowest BCUT2D eigenvalue weighted by Gasteiger charge is -2.31. The Labute approximate surface area is 160 Å². The second kappa shape index (κ2) is 8.19. The van der Waals surface area contributed by atoms with E-state index in [0.29, 0.717) is 13.2 Å². The van der Waals surface area contributed by atoms with Gasteiger partial charge in [0, 0.05) is 22.7 Å². The molecule has 1 unspecified atom stereocenters. The van der Waals surface area contributed by atoms with Gasteiger partial charge in [0.2, 0.25) is 0 Å². The van der Waals surface area contributed by atoms with Crippen LogP contribution in [0.3, 0.4) is 0 Å². The molecule has 0 aliphatic carbocycles. The van der Waals surface area contributed by atoms with Crippen LogP contribution in [0.25, 0.3) is 0 Å². The third-order valence-electron chi connectivity index (χ3n) is 4.71. The van der Waals surface area contributed by atoms with Crippen molar-refractivity contribution in [3.8, 4) is 17.2 Å². The Kier molecular flexibility index (Phi) is 5.94. The third-order valence-corrected chi connectivity index (χ3v) is 5.11. The Morgan fingerprint density at radius 3 is 2.54 bits per heavy atom. The van der Waals surface area contributed by atoms with E-state index in [4.69, 9.17) is 25.8 Å². The molecule has 0 saturated heterocycles. The topological polar surface area (TPSA) is 39.7 Å². The van der Waals surface area contributed by atoms with Gasteiger partial charge < -0.3 is 19.5 Å². The monoisotopic (exact) mass is 375 g/mol. The van der Waals surface area contributed by atoms with Gasteiger partial charge in [-0.3, -0.25) is 0 Å². The molecule has 1 heterocycles. The molecule has 0 fully saturated rings. The van der Waals surface area contributed by atoms with Crippen LogP contribution in [0.15, 0.2) is 24.3 Å². The maximum absolute atomic E-state index is 6.43. The third kappa shape index (κ3) is 3.49. The van der Waals surface area contributed by atoms with Gasteiger partial charge in [0.05, 0.1) is 26.4 Å². The Hall–Kier alpha value is -1.91. The van der Waals surface area contributed by atoms with Crippen LogP contribution >= 0.6 is 11.6 Å². The smallest absolute Gasteiger partial charge is 0.164 e. The number of hydrogen-bond donors (Lipinski definition) is 1. The molecule has 2 aromatic rings. The molecule has 0 saturated carbocycles. The fourth-order valence-electron chi connectivity index (χ4n) is 3.52. The van der Waals surface area contributed by atoms with Gasteiger partial charge in [-0.2, -0.15) is 0 Å². The SMILES string of the molecule is CCOc1cc(C)c(Cl)cc1C1NCCc2c1ccc(OC)c2OCC. The van der Waals surface area contributed by atoms with Crippen molar-refractivity contribution in [2.45, 2.75) is 33.2 Å². The van der Waals surface area contributed by atoms with E-state index in [0.717, 1.165) is 46.4 Å². The lowest BCUT2D eigenvalue weighted by molar-refractivity contribution is 0.304. The molecular formula is C21H26ClNO3. The first-order valence-corrected chi connectivity index (χ1v) is 9.47. The number of benzene rings is 2. The quantitative estimate of drug-likeness (QED) is 0.795. The Balaban J connectivity index is 2.14. The number of rotatable bonds is 6. The molecule has 3 rings (SSSR count). The number of methoxy groups -OCH3 is 1. The molecule has 0 bridgehead atoms. The predicted molar refractivity (Wildman–Crippen MR) is 105 cm³/mol. The van der Waals surface area contributed by atoms with Crippen LogP contribution in [0.2, 0.25) is 5.02 Å². The second-order valence-electron chi connectivity index (χ2n) is 6.31. The van der Waals surface area contributed by atoms with Crippen molar-refractivity contribution in [3.63, 3.8) is 0 Å². The zero-order chi connectivity index (χ0) is 18.7. The highest BCUT2D eigenvalue weighted by Gasteiger charge is 2.28. The van der Waals surface area contributed by atoms with E-state index in [9.17, 15) is 0 Å². The maximum atomic E-state index is 6.43. The van der Waals surface area contributed by atoms with Gasteiger partial charge in [0.15, 0.2) is 11.5 Å². The first-order valence-electron chi connectivity index (χ1n) is 9.09. The second-order valence-corrected chi connectivity index (χ2v) is 6.71. The molecule has 26 heavy (non-hydrogen) atoms. The van der Waals surface area contributed by atoms with Crippen LogP contribution in [-0.4, -0.2) is 26.9 Å². The van der Waals surface area contributed by atoms with Gasteiger partial charge in [-0.15, -0.1) is 0 Å². The molecule has 1 atom stereocenters. The first-order chi connectivity index (χ1) is 12.6. The van der Waals surface area contributed by atoms with Crippen LogP contribution in [-0.2, 0) is 6.42 Å². The Morgan fingerprint density at radius 2 is 1.85 bits per heavy atom. The highest BCUT2D eigenvalue weighted by molar-refractivity contribution is 6.31. The summed E-state index contributed by atoms with van der Waals surface area (Å²) in [6, 6.07) is 8.11. The highest BCUT2D eigenvalue weighted by atomic mass is 35.5. The number of hydrogen-bond acceptors (Lipinski definition) is 4. The van der Waals surface area contributed by atoms with E-state index in [1.54, 1.807) is 7.11 Å². The molecule has 1 aliphatic heterocycles. The van der Waals surface area contributed by atoms with Crippen molar-refractivity contribution in [3.05, 3.63) is 51.5 Å². The lowest BCUT2D eigenvalue weighted by atomic mass is 9.88. The normalized spacial score (nSPS) is 16.1. The van der Waals surface area contributed by atoms with Gasteiger partial charge in [0.1, 0.15) is 5.75 Å². The summed E-state index contributed by atoms with van der Waals surface area (Å²) in [6.07, 6.45) is 0.891. The summed E-state index contributed by atoms with van der Waals surface area (Å²) in [7, 11) is 1.68. The minimum Gasteiger partial charge on any atom is -0.494 e. The fraction of sp³-hybridized carbons (Fsp3) is 0.429. The zero-order valence-corrected chi connectivity index (χ0v) is 16.6. The molecular weight excluding hydrogens is 350 g/mol. The van der Waals surface area contributed by atoms with Gasteiger partial charge >= 0.3 is 0 Å². The van der Waals surface area contributed by atoms with Crippen molar-refractivity contribution in [2.24, 2.45) is 0 Å². The van der Waals surface area contributed by atoms with E-state index in [1.807, 2.05) is 39.0 Å². The molecule has 0 spiro atoms. The minimum atomic E-state index is 0.00325. The van der Waals surface area contributed by atoms with E-state index in [2.05, 4.69) is 11.4 Å². The van der Waals surface area contributed by atoms with Crippen LogP contribution in [0.4, 0.5) is 0 Å². The average molecular weight is 376 g/mol. The van der Waals surface area contributed by atoms with Crippen molar-refractivity contribution in [1.82, 2.24) is 5.32 Å². The molecule has 0 radical (unpaired) electrons. The van der Waals surface area contributed by atoms with E-state index in [-0.39, 0.29) is 6.04 Å². The minimum absolute atomic E-state index is 0.00325. The van der Waals surface area contributed by atoms with Crippen LogP contribution in [0.1, 0.15) is 42.1 Å². The summed E-state index contributed by atoms with van der Waals surface area (Å²) in [5.41, 5.74) is 4.44. The largest absolute Gasteiger partial charge is 0.494 e. The molecule has 0 aromatic heterocycles. The average Bonchev–Trinajstić information content (AvgIpc) is 2.65. The standard InChI is InChI=1S/C21H26ClNO3/c1-5-25-19-11-13(3)17(22)12-16(19)20-14-7-8-18(24-4)21(26-6-2)15(14)9-10-23-20/h7-8,11-12,20,23H,5-6,9-10H2,1-4H3. The highest BCUT2D eigenvalue weighted by Crippen LogP contribution is 2.42. The van der Waals surface area contributed by atoms with E-state index in [1.165, 1.54) is 11.1 Å². The zero-order valence-electron chi connectivity index (χ0n) is 15.8. The molecule has 0 amide bonds. The summed E-state index contributed by atoms with van der Waals surface area (Å²) in [4.78, 5) is 0. The number of ether oxygens (including phenoxy) is 3. The number of fused-ring (bicyclic) bond motifs is 1. The molecule has 2 aromatic carbocycles. The molecule has 5 heteroatoms. The number of aryl methyl sites for hydroxylation is 1. The molecule has 4 nitrogen and oxygen atoms in total. The number of nitrogens with one attached hydrogen (secondary N) is 1. The summed E-state index contributed by atoms with van der Waals surface area (Å²) >= 11 is 6.43. The maximum Gasteiger partial charge on any atom is 0.164 e. The summed E-state index contributed by atoms with van der Waals surface area (Å²) in [6.45, 7) is 8.04. The predicted octanol–water partition coefficient (Wildman–Crippen LogP) is 4.69. The van der Waals surface area contributed by atoms with Crippen LogP contribution < -0.4 is 19.5 Å². The van der Waals surface area contributed by atoms with Crippen molar-refractivity contribution >= 4 is 11.6 Å². The summed E-state index contributed by atoms with van der Waals surface area (Å²) in [5, 5.41) is 4.36. The van der Waals surface area contributed by atoms with Crippen LogP contribution in [0.5, 0.6) is 17.2 Å². The van der Waals surface area contributed by atoms with Crippen molar-refractivity contribution in [2.75, 3.05) is 26.9 Å². The molecule has 140 valence electrons. The Bertz CT molecular complexity index is 791. The number of halogens is 1.